The van der Waals surface area contributed by atoms with E-state index in [1.165, 1.54) is 88.2 Å². The highest BCUT2D eigenvalue weighted by atomic mass is 16.5. The maximum atomic E-state index is 12.5. The molecule has 0 saturated carbocycles. The molecule has 1 heterocycles. The number of ether oxygens (including phenoxy) is 2. The first-order chi connectivity index (χ1) is 19.6. The number of aromatic nitrogens is 1. The van der Waals surface area contributed by atoms with Crippen LogP contribution in [0.5, 0.6) is 17.2 Å². The van der Waals surface area contributed by atoms with Gasteiger partial charge in [0, 0.05) is 29.6 Å². The Balaban J connectivity index is 1.36. The van der Waals surface area contributed by atoms with Gasteiger partial charge in [-0.3, -0.25) is 9.78 Å². The highest BCUT2D eigenvalue weighted by Crippen LogP contribution is 2.23. The number of aromatic hydroxyl groups is 1. The van der Waals surface area contributed by atoms with Crippen LogP contribution in [0.4, 0.5) is 0 Å². The third-order valence-corrected chi connectivity index (χ3v) is 6.38. The van der Waals surface area contributed by atoms with Gasteiger partial charge >= 0.3 is 5.97 Å². The highest BCUT2D eigenvalue weighted by molar-refractivity contribution is 5.95. The molecule has 0 saturated heterocycles. The van der Waals surface area contributed by atoms with Crippen LogP contribution in [0, 0.1) is 0 Å². The van der Waals surface area contributed by atoms with E-state index in [9.17, 15) is 14.7 Å². The van der Waals surface area contributed by atoms with Gasteiger partial charge < -0.3 is 14.6 Å². The van der Waals surface area contributed by atoms with Gasteiger partial charge in [0.05, 0.1) is 18.4 Å². The predicted molar refractivity (Wildman–Crippen MR) is 156 cm³/mol. The largest absolute Gasteiger partial charge is 0.507 e. The first-order valence-corrected chi connectivity index (χ1v) is 14.1. The lowest BCUT2D eigenvalue weighted by molar-refractivity contribution is 0.0734. The number of hydrazone groups is 1. The molecular formula is C32H39N3O5. The average Bonchev–Trinajstić information content (AvgIpc) is 2.97. The van der Waals surface area contributed by atoms with Gasteiger partial charge in [0.2, 0.25) is 0 Å². The monoisotopic (exact) mass is 545 g/mol. The molecule has 0 atom stereocenters. The first kappa shape index (κ1) is 30.3. The summed E-state index contributed by atoms with van der Waals surface area (Å²) in [6.07, 6.45) is 17.1. The van der Waals surface area contributed by atoms with E-state index in [1.54, 1.807) is 36.4 Å². The molecule has 0 aliphatic heterocycles. The molecular weight excluding hydrogens is 506 g/mol. The summed E-state index contributed by atoms with van der Waals surface area (Å²) in [5.74, 6) is -0.208. The average molecular weight is 546 g/mol. The number of carbonyl (C=O) groups is 2. The van der Waals surface area contributed by atoms with E-state index in [-0.39, 0.29) is 11.5 Å². The Kier molecular flexibility index (Phi) is 13.2. The van der Waals surface area contributed by atoms with Crippen molar-refractivity contribution in [2.24, 2.45) is 5.10 Å². The fourth-order valence-corrected chi connectivity index (χ4v) is 4.06. The fraction of sp³-hybridized carbons (Fsp3) is 0.375. The summed E-state index contributed by atoms with van der Waals surface area (Å²) in [7, 11) is 0. The summed E-state index contributed by atoms with van der Waals surface area (Å²) in [5.41, 5.74) is 3.50. The van der Waals surface area contributed by atoms with Crippen molar-refractivity contribution in [3.63, 3.8) is 0 Å². The Bertz CT molecular complexity index is 1210. The van der Waals surface area contributed by atoms with Gasteiger partial charge in [-0.15, -0.1) is 0 Å². The summed E-state index contributed by atoms with van der Waals surface area (Å²) in [6.45, 7) is 2.90. The molecule has 0 fully saturated rings. The Labute approximate surface area is 236 Å². The zero-order valence-electron chi connectivity index (χ0n) is 23.2. The van der Waals surface area contributed by atoms with Crippen LogP contribution < -0.4 is 14.9 Å². The van der Waals surface area contributed by atoms with Gasteiger partial charge in [0.1, 0.15) is 17.2 Å². The molecule has 0 spiro atoms. The van der Waals surface area contributed by atoms with E-state index in [4.69, 9.17) is 9.47 Å². The molecule has 0 aliphatic rings. The number of nitrogens with one attached hydrogen (secondary N) is 1. The van der Waals surface area contributed by atoms with Crippen LogP contribution in [0.15, 0.2) is 72.1 Å². The number of rotatable bonds is 17. The quantitative estimate of drug-likeness (QED) is 0.0617. The molecule has 2 N–H and O–H groups in total. The summed E-state index contributed by atoms with van der Waals surface area (Å²) in [6, 6.07) is 14.3. The number of phenols is 1. The SMILES string of the molecule is CCCCCCCCCCCCOc1ccc(C(=O)Oc2ccc(/C=N/NC(=O)c3ccncc3)c(O)c2)cc1. The van der Waals surface area contributed by atoms with Crippen molar-refractivity contribution in [3.8, 4) is 17.2 Å². The number of hydrogen-bond donors (Lipinski definition) is 2. The smallest absolute Gasteiger partial charge is 0.343 e. The van der Waals surface area contributed by atoms with Gasteiger partial charge in [-0.25, -0.2) is 10.2 Å². The van der Waals surface area contributed by atoms with Crippen LogP contribution in [0.1, 0.15) is 97.4 Å². The third-order valence-electron chi connectivity index (χ3n) is 6.38. The van der Waals surface area contributed by atoms with Crippen molar-refractivity contribution in [1.82, 2.24) is 10.4 Å². The molecule has 0 bridgehead atoms. The van der Waals surface area contributed by atoms with Crippen LogP contribution in [0.3, 0.4) is 0 Å². The lowest BCUT2D eigenvalue weighted by Crippen LogP contribution is -2.17. The van der Waals surface area contributed by atoms with Crippen molar-refractivity contribution >= 4 is 18.1 Å². The third kappa shape index (κ3) is 10.9. The minimum absolute atomic E-state index is 0.150. The first-order valence-electron chi connectivity index (χ1n) is 14.1. The molecule has 2 aromatic carbocycles. The molecule has 3 aromatic rings. The molecule has 3 rings (SSSR count). The minimum atomic E-state index is -0.549. The molecule has 8 nitrogen and oxygen atoms in total. The van der Waals surface area contributed by atoms with E-state index >= 15 is 0 Å². The van der Waals surface area contributed by atoms with E-state index in [0.717, 1.165) is 12.8 Å². The van der Waals surface area contributed by atoms with Gasteiger partial charge in [-0.05, 0) is 55.0 Å². The lowest BCUT2D eigenvalue weighted by Gasteiger charge is -2.08. The topological polar surface area (TPSA) is 110 Å². The van der Waals surface area contributed by atoms with Crippen LogP contribution in [0.25, 0.3) is 0 Å². The molecule has 0 aliphatic carbocycles. The van der Waals surface area contributed by atoms with Crippen molar-refractivity contribution in [3.05, 3.63) is 83.7 Å². The normalized spacial score (nSPS) is 10.9. The zero-order chi connectivity index (χ0) is 28.4. The maximum absolute atomic E-state index is 12.5. The number of pyridine rings is 1. The maximum Gasteiger partial charge on any atom is 0.343 e. The summed E-state index contributed by atoms with van der Waals surface area (Å²) >= 11 is 0. The Morgan fingerprint density at radius 1 is 0.825 bits per heavy atom. The minimum Gasteiger partial charge on any atom is -0.507 e. The van der Waals surface area contributed by atoms with Crippen LogP contribution in [0.2, 0.25) is 0 Å². The van der Waals surface area contributed by atoms with E-state index in [1.807, 2.05) is 0 Å². The Hall–Kier alpha value is -4.20. The molecule has 1 aromatic heterocycles. The second-order valence-electron chi connectivity index (χ2n) is 9.60. The van der Waals surface area contributed by atoms with Crippen molar-refractivity contribution in [2.75, 3.05) is 6.61 Å². The number of hydrogen-bond acceptors (Lipinski definition) is 7. The van der Waals surface area contributed by atoms with Crippen LogP contribution >= 0.6 is 0 Å². The molecule has 0 unspecified atom stereocenters. The number of unbranched alkanes of at least 4 members (excludes halogenated alkanes) is 9. The van der Waals surface area contributed by atoms with Gasteiger partial charge in [-0.1, -0.05) is 64.7 Å². The highest BCUT2D eigenvalue weighted by Gasteiger charge is 2.11. The van der Waals surface area contributed by atoms with Crippen molar-refractivity contribution in [2.45, 2.75) is 71.1 Å². The Morgan fingerprint density at radius 3 is 2.10 bits per heavy atom. The molecule has 0 radical (unpaired) electrons. The van der Waals surface area contributed by atoms with Crippen molar-refractivity contribution < 1.29 is 24.2 Å². The lowest BCUT2D eigenvalue weighted by atomic mass is 10.1. The summed E-state index contributed by atoms with van der Waals surface area (Å²) < 4.78 is 11.2. The summed E-state index contributed by atoms with van der Waals surface area (Å²) in [5, 5.41) is 14.1. The van der Waals surface area contributed by atoms with Gasteiger partial charge in [-0.2, -0.15) is 5.10 Å². The Morgan fingerprint density at radius 2 is 1.45 bits per heavy atom. The van der Waals surface area contributed by atoms with E-state index in [0.29, 0.717) is 29.0 Å². The van der Waals surface area contributed by atoms with E-state index in [2.05, 4.69) is 22.4 Å². The predicted octanol–water partition coefficient (Wildman–Crippen LogP) is 7.07. The number of amides is 1. The zero-order valence-corrected chi connectivity index (χ0v) is 23.2. The standard InChI is InChI=1S/C32H39N3O5/c1-2-3-4-5-6-7-8-9-10-11-22-39-28-15-12-26(13-16-28)32(38)40-29-17-14-27(30(36)23-29)24-34-35-31(37)25-18-20-33-21-19-25/h12-21,23-24,36H,2-11,22H2,1H3,(H,35,37)/b34-24+. The number of phenolic OH excluding ortho intramolecular Hbond substituents is 1. The van der Waals surface area contributed by atoms with Crippen molar-refractivity contribution in [1.29, 1.82) is 0 Å². The second kappa shape index (κ2) is 17.4. The number of benzene rings is 2. The van der Waals surface area contributed by atoms with Crippen LogP contribution in [-0.2, 0) is 0 Å². The van der Waals surface area contributed by atoms with Gasteiger partial charge in [0.15, 0.2) is 0 Å². The van der Waals surface area contributed by atoms with E-state index < -0.39 is 11.9 Å². The summed E-state index contributed by atoms with van der Waals surface area (Å²) in [4.78, 5) is 28.4. The molecule has 8 heteroatoms. The second-order valence-corrected chi connectivity index (χ2v) is 9.60. The van der Waals surface area contributed by atoms with Crippen LogP contribution in [-0.4, -0.2) is 34.8 Å². The molecule has 40 heavy (non-hydrogen) atoms. The number of nitrogens with zero attached hydrogens (tertiary/aromatic N) is 2. The van der Waals surface area contributed by atoms with Gasteiger partial charge in [0.25, 0.3) is 5.91 Å². The molecule has 212 valence electrons. The fourth-order valence-electron chi connectivity index (χ4n) is 4.06. The number of esters is 1. The number of carbonyl (C=O) groups excluding carboxylic acids is 2. The molecule has 1 amide bonds.